The van der Waals surface area contributed by atoms with Gasteiger partial charge in [0.25, 0.3) is 0 Å². The highest BCUT2D eigenvalue weighted by Crippen LogP contribution is 2.14. The first-order valence-corrected chi connectivity index (χ1v) is 5.99. The highest BCUT2D eigenvalue weighted by Gasteiger charge is 2.04. The average molecular weight is 200 g/mol. The van der Waals surface area contributed by atoms with Gasteiger partial charge in [-0.2, -0.15) is 11.8 Å². The molecule has 13 heavy (non-hydrogen) atoms. The predicted octanol–water partition coefficient (Wildman–Crippen LogP) is 3.44. The standard InChI is InChI=1S/C11H20OS/c1-4-6-7-8-11(12)9-13-10(3)5-2/h4,10H,1,5-9H2,2-3H3. The van der Waals surface area contributed by atoms with E-state index in [-0.39, 0.29) is 0 Å². The van der Waals surface area contributed by atoms with Gasteiger partial charge in [-0.3, -0.25) is 4.79 Å². The fourth-order valence-electron chi connectivity index (χ4n) is 0.869. The molecule has 0 aromatic rings. The summed E-state index contributed by atoms with van der Waals surface area (Å²) in [5.74, 6) is 1.07. The van der Waals surface area contributed by atoms with Crippen molar-refractivity contribution in [3.05, 3.63) is 12.7 Å². The van der Waals surface area contributed by atoms with Gasteiger partial charge >= 0.3 is 0 Å². The second-order valence-electron chi connectivity index (χ2n) is 3.25. The van der Waals surface area contributed by atoms with Crippen LogP contribution in [0.1, 0.15) is 39.5 Å². The van der Waals surface area contributed by atoms with Gasteiger partial charge in [-0.25, -0.2) is 0 Å². The second-order valence-corrected chi connectivity index (χ2v) is 4.68. The van der Waals surface area contributed by atoms with Gasteiger partial charge in [-0.1, -0.05) is 19.9 Å². The zero-order valence-corrected chi connectivity index (χ0v) is 9.53. The summed E-state index contributed by atoms with van der Waals surface area (Å²) in [6.45, 7) is 7.95. The Kier molecular flexibility index (Phi) is 8.21. The van der Waals surface area contributed by atoms with Crippen LogP contribution in [-0.4, -0.2) is 16.8 Å². The molecule has 2 heteroatoms. The minimum Gasteiger partial charge on any atom is -0.299 e. The van der Waals surface area contributed by atoms with Crippen LogP contribution in [0, 0.1) is 0 Å². The molecule has 0 spiro atoms. The van der Waals surface area contributed by atoms with Gasteiger partial charge in [-0.05, 0) is 19.3 Å². The topological polar surface area (TPSA) is 17.1 Å². The summed E-state index contributed by atoms with van der Waals surface area (Å²) in [6, 6.07) is 0. The van der Waals surface area contributed by atoms with Crippen molar-refractivity contribution in [2.75, 3.05) is 5.75 Å². The van der Waals surface area contributed by atoms with E-state index in [1.807, 2.05) is 6.08 Å². The molecule has 1 unspecified atom stereocenters. The number of hydrogen-bond donors (Lipinski definition) is 0. The van der Waals surface area contributed by atoms with Gasteiger partial charge in [0.1, 0.15) is 5.78 Å². The Morgan fingerprint density at radius 2 is 2.31 bits per heavy atom. The highest BCUT2D eigenvalue weighted by atomic mass is 32.2. The van der Waals surface area contributed by atoms with Crippen molar-refractivity contribution in [1.29, 1.82) is 0 Å². The van der Waals surface area contributed by atoms with Gasteiger partial charge in [0, 0.05) is 11.7 Å². The molecule has 0 radical (unpaired) electrons. The Morgan fingerprint density at radius 1 is 1.62 bits per heavy atom. The Hall–Kier alpha value is -0.240. The first kappa shape index (κ1) is 12.8. The van der Waals surface area contributed by atoms with E-state index < -0.39 is 0 Å². The molecule has 0 aromatic carbocycles. The number of ketones is 1. The Balaban J connectivity index is 3.34. The first-order chi connectivity index (χ1) is 6.20. The molecule has 0 rings (SSSR count). The third-order valence-electron chi connectivity index (χ3n) is 1.97. The lowest BCUT2D eigenvalue weighted by atomic mass is 10.2. The first-order valence-electron chi connectivity index (χ1n) is 4.94. The van der Waals surface area contributed by atoms with Crippen LogP contribution in [0.2, 0.25) is 0 Å². The molecule has 0 aromatic heterocycles. The molecule has 0 saturated carbocycles. The monoisotopic (exact) mass is 200 g/mol. The summed E-state index contributed by atoms with van der Waals surface area (Å²) in [5, 5.41) is 0.614. The van der Waals surface area contributed by atoms with Crippen LogP contribution >= 0.6 is 11.8 Å². The van der Waals surface area contributed by atoms with Crippen molar-refractivity contribution in [1.82, 2.24) is 0 Å². The van der Waals surface area contributed by atoms with Crippen LogP contribution in [0.3, 0.4) is 0 Å². The molecule has 0 bridgehead atoms. The summed E-state index contributed by atoms with van der Waals surface area (Å²) in [7, 11) is 0. The average Bonchev–Trinajstić information content (AvgIpc) is 2.14. The zero-order valence-electron chi connectivity index (χ0n) is 8.71. The normalized spacial score (nSPS) is 12.5. The molecule has 0 aliphatic carbocycles. The number of allylic oxidation sites excluding steroid dienone is 1. The third-order valence-corrected chi connectivity index (χ3v) is 3.36. The van der Waals surface area contributed by atoms with Crippen LogP contribution in [0.5, 0.6) is 0 Å². The van der Waals surface area contributed by atoms with Crippen molar-refractivity contribution < 1.29 is 4.79 Å². The minimum absolute atomic E-state index is 0.382. The molecule has 1 nitrogen and oxygen atoms in total. The smallest absolute Gasteiger partial charge is 0.142 e. The SMILES string of the molecule is C=CCCCC(=O)CSC(C)CC. The van der Waals surface area contributed by atoms with Crippen molar-refractivity contribution in [2.45, 2.75) is 44.8 Å². The van der Waals surface area contributed by atoms with Gasteiger partial charge in [0.15, 0.2) is 0 Å². The number of Topliss-reactive ketones (excluding diaryl/α,β-unsaturated/α-hetero) is 1. The number of unbranched alkanes of at least 4 members (excludes halogenated alkanes) is 1. The van der Waals surface area contributed by atoms with E-state index in [9.17, 15) is 4.79 Å². The number of thioether (sulfide) groups is 1. The molecule has 1 atom stereocenters. The molecule has 0 heterocycles. The predicted molar refractivity (Wildman–Crippen MR) is 61.3 cm³/mol. The van der Waals surface area contributed by atoms with E-state index in [0.717, 1.165) is 25.7 Å². The van der Waals surface area contributed by atoms with E-state index >= 15 is 0 Å². The number of hydrogen-bond acceptors (Lipinski definition) is 2. The molecular formula is C11H20OS. The van der Waals surface area contributed by atoms with Crippen molar-refractivity contribution in [3.63, 3.8) is 0 Å². The summed E-state index contributed by atoms with van der Waals surface area (Å²) in [6.07, 6.45) is 5.65. The van der Waals surface area contributed by atoms with Crippen molar-refractivity contribution >= 4 is 17.5 Å². The highest BCUT2D eigenvalue weighted by molar-refractivity contribution is 8.00. The van der Waals surface area contributed by atoms with E-state index in [1.165, 1.54) is 0 Å². The van der Waals surface area contributed by atoms with E-state index in [4.69, 9.17) is 0 Å². The van der Waals surface area contributed by atoms with Crippen LogP contribution in [0.25, 0.3) is 0 Å². The summed E-state index contributed by atoms with van der Waals surface area (Å²) in [5.41, 5.74) is 0. The lowest BCUT2D eigenvalue weighted by Crippen LogP contribution is -2.05. The van der Waals surface area contributed by atoms with Gasteiger partial charge in [0.05, 0.1) is 5.75 Å². The lowest BCUT2D eigenvalue weighted by Gasteiger charge is -2.06. The largest absolute Gasteiger partial charge is 0.299 e. The van der Waals surface area contributed by atoms with E-state index in [2.05, 4.69) is 20.4 Å². The Morgan fingerprint density at radius 3 is 2.85 bits per heavy atom. The molecule has 76 valence electrons. The van der Waals surface area contributed by atoms with Crippen LogP contribution in [-0.2, 0) is 4.79 Å². The van der Waals surface area contributed by atoms with Gasteiger partial charge < -0.3 is 0 Å². The van der Waals surface area contributed by atoms with Crippen LogP contribution < -0.4 is 0 Å². The number of carbonyl (C=O) groups is 1. The number of rotatable bonds is 8. The molecule has 0 fully saturated rings. The summed E-state index contributed by atoms with van der Waals surface area (Å²) < 4.78 is 0. The van der Waals surface area contributed by atoms with Crippen LogP contribution in [0.15, 0.2) is 12.7 Å². The van der Waals surface area contributed by atoms with Crippen LogP contribution in [0.4, 0.5) is 0 Å². The minimum atomic E-state index is 0.382. The quantitative estimate of drug-likeness (QED) is 0.441. The van der Waals surface area contributed by atoms with Gasteiger partial charge in [-0.15, -0.1) is 6.58 Å². The molecule has 0 aliphatic rings. The molecule has 0 saturated heterocycles. The maximum absolute atomic E-state index is 11.3. The van der Waals surface area contributed by atoms with Crippen molar-refractivity contribution in [3.8, 4) is 0 Å². The molecule has 0 aliphatic heterocycles. The molecular weight excluding hydrogens is 180 g/mol. The second kappa shape index (κ2) is 8.36. The third kappa shape index (κ3) is 8.10. The van der Waals surface area contributed by atoms with E-state index in [0.29, 0.717) is 16.8 Å². The lowest BCUT2D eigenvalue weighted by molar-refractivity contribution is -0.116. The fourth-order valence-corrected chi connectivity index (χ4v) is 1.72. The Bertz CT molecular complexity index is 154. The molecule has 0 amide bonds. The molecule has 0 N–H and O–H groups in total. The summed E-state index contributed by atoms with van der Waals surface area (Å²) in [4.78, 5) is 11.3. The maximum Gasteiger partial charge on any atom is 0.142 e. The van der Waals surface area contributed by atoms with Gasteiger partial charge in [0.2, 0.25) is 0 Å². The van der Waals surface area contributed by atoms with Crippen molar-refractivity contribution in [2.24, 2.45) is 0 Å². The fraction of sp³-hybridized carbons (Fsp3) is 0.727. The Labute approximate surface area is 86.0 Å². The number of carbonyl (C=O) groups excluding carboxylic acids is 1. The summed E-state index contributed by atoms with van der Waals surface area (Å²) >= 11 is 1.77. The van der Waals surface area contributed by atoms with E-state index in [1.54, 1.807) is 11.8 Å². The zero-order chi connectivity index (χ0) is 10.1. The maximum atomic E-state index is 11.3.